The summed E-state index contributed by atoms with van der Waals surface area (Å²) < 4.78 is 4.94. The van der Waals surface area contributed by atoms with Crippen molar-refractivity contribution in [2.75, 3.05) is 12.5 Å². The SMILES string of the molecule is CCOC(=O)c1cc(/C=C\C(=O)O)ccc1CC(=O)CCl. The molecule has 1 aromatic rings. The van der Waals surface area contributed by atoms with Gasteiger partial charge in [-0.15, -0.1) is 11.6 Å². The first-order valence-corrected chi connectivity index (χ1v) is 6.80. The molecule has 0 radical (unpaired) electrons. The lowest BCUT2D eigenvalue weighted by Gasteiger charge is -2.09. The van der Waals surface area contributed by atoms with Crippen molar-refractivity contribution in [1.29, 1.82) is 0 Å². The average Bonchev–Trinajstić information content (AvgIpc) is 2.46. The Bertz CT molecular complexity index is 577. The number of carbonyl (C=O) groups excluding carboxylic acids is 2. The Labute approximate surface area is 127 Å². The summed E-state index contributed by atoms with van der Waals surface area (Å²) in [4.78, 5) is 33.9. The number of benzene rings is 1. The van der Waals surface area contributed by atoms with Crippen LogP contribution in [0.4, 0.5) is 0 Å². The van der Waals surface area contributed by atoms with Crippen molar-refractivity contribution in [2.45, 2.75) is 13.3 Å². The second-order valence-electron chi connectivity index (χ2n) is 4.16. The normalized spacial score (nSPS) is 10.6. The highest BCUT2D eigenvalue weighted by Gasteiger charge is 2.15. The standard InChI is InChI=1S/C15H15ClO5/c1-2-21-15(20)13-7-10(4-6-14(18)19)3-5-11(13)8-12(17)9-16/h3-7H,2,8-9H2,1H3,(H,18,19)/b6-4-. The van der Waals surface area contributed by atoms with Crippen LogP contribution >= 0.6 is 11.6 Å². The molecule has 1 rings (SSSR count). The second-order valence-corrected chi connectivity index (χ2v) is 4.42. The predicted molar refractivity (Wildman–Crippen MR) is 78.5 cm³/mol. The molecule has 0 aliphatic heterocycles. The second kappa shape index (κ2) is 8.21. The molecule has 21 heavy (non-hydrogen) atoms. The van der Waals surface area contributed by atoms with Crippen LogP contribution in [0.15, 0.2) is 24.3 Å². The fraction of sp³-hybridized carbons (Fsp3) is 0.267. The maximum Gasteiger partial charge on any atom is 0.338 e. The lowest BCUT2D eigenvalue weighted by Crippen LogP contribution is -2.12. The maximum atomic E-state index is 11.9. The van der Waals surface area contributed by atoms with E-state index in [-0.39, 0.29) is 30.3 Å². The summed E-state index contributed by atoms with van der Waals surface area (Å²) in [5.74, 6) is -1.99. The number of carbonyl (C=O) groups is 3. The summed E-state index contributed by atoms with van der Waals surface area (Å²) in [7, 11) is 0. The zero-order valence-electron chi connectivity index (χ0n) is 11.5. The van der Waals surface area contributed by atoms with Crippen LogP contribution < -0.4 is 0 Å². The van der Waals surface area contributed by atoms with Crippen LogP contribution in [0, 0.1) is 0 Å². The number of halogens is 1. The first kappa shape index (κ1) is 16.9. The van der Waals surface area contributed by atoms with E-state index in [4.69, 9.17) is 21.4 Å². The third kappa shape index (κ3) is 5.39. The molecule has 0 aromatic heterocycles. The number of hydrogen-bond acceptors (Lipinski definition) is 4. The molecule has 1 aromatic carbocycles. The van der Waals surface area contributed by atoms with E-state index in [1.807, 2.05) is 0 Å². The van der Waals surface area contributed by atoms with Gasteiger partial charge in [-0.2, -0.15) is 0 Å². The number of alkyl halides is 1. The van der Waals surface area contributed by atoms with Gasteiger partial charge in [0.2, 0.25) is 0 Å². The topological polar surface area (TPSA) is 80.7 Å². The Morgan fingerprint density at radius 2 is 2.05 bits per heavy atom. The highest BCUT2D eigenvalue weighted by Crippen LogP contribution is 2.16. The third-order valence-electron chi connectivity index (χ3n) is 2.58. The predicted octanol–water partition coefficient (Wildman–Crippen LogP) is 2.31. The molecule has 0 fully saturated rings. The van der Waals surface area contributed by atoms with Gasteiger partial charge in [-0.1, -0.05) is 12.1 Å². The number of carboxylic acid groups (broad SMARTS) is 1. The lowest BCUT2D eigenvalue weighted by molar-refractivity contribution is -0.131. The minimum Gasteiger partial charge on any atom is -0.478 e. The fourth-order valence-corrected chi connectivity index (χ4v) is 1.77. The van der Waals surface area contributed by atoms with Gasteiger partial charge in [0.15, 0.2) is 5.78 Å². The molecule has 0 saturated heterocycles. The highest BCUT2D eigenvalue weighted by atomic mass is 35.5. The van der Waals surface area contributed by atoms with Gasteiger partial charge in [0.25, 0.3) is 0 Å². The Hall–Kier alpha value is -2.14. The van der Waals surface area contributed by atoms with Crippen LogP contribution in [-0.4, -0.2) is 35.3 Å². The summed E-state index contributed by atoms with van der Waals surface area (Å²) in [5.41, 5.74) is 1.27. The molecule has 6 heteroatoms. The van der Waals surface area contributed by atoms with Crippen LogP contribution in [0.5, 0.6) is 0 Å². The molecule has 0 aliphatic rings. The van der Waals surface area contributed by atoms with Crippen LogP contribution in [0.3, 0.4) is 0 Å². The van der Waals surface area contributed by atoms with Crippen LogP contribution in [-0.2, 0) is 20.7 Å². The lowest BCUT2D eigenvalue weighted by atomic mass is 9.99. The largest absolute Gasteiger partial charge is 0.478 e. The van der Waals surface area contributed by atoms with Crippen LogP contribution in [0.25, 0.3) is 6.08 Å². The van der Waals surface area contributed by atoms with E-state index in [0.717, 1.165) is 6.08 Å². The zero-order chi connectivity index (χ0) is 15.8. The summed E-state index contributed by atoms with van der Waals surface area (Å²) >= 11 is 5.47. The van der Waals surface area contributed by atoms with E-state index in [1.54, 1.807) is 19.1 Å². The van der Waals surface area contributed by atoms with E-state index < -0.39 is 11.9 Å². The molecule has 0 aliphatic carbocycles. The third-order valence-corrected chi connectivity index (χ3v) is 2.88. The molecule has 0 unspecified atom stereocenters. The molecule has 5 nitrogen and oxygen atoms in total. The van der Waals surface area contributed by atoms with Gasteiger partial charge in [-0.25, -0.2) is 9.59 Å². The molecule has 1 N–H and O–H groups in total. The summed E-state index contributed by atoms with van der Waals surface area (Å²) in [6.07, 6.45) is 2.35. The number of carboxylic acids is 1. The van der Waals surface area contributed by atoms with Crippen molar-refractivity contribution in [1.82, 2.24) is 0 Å². The van der Waals surface area contributed by atoms with Gasteiger partial charge >= 0.3 is 11.9 Å². The van der Waals surface area contributed by atoms with Gasteiger partial charge < -0.3 is 9.84 Å². The number of hydrogen-bond donors (Lipinski definition) is 1. The van der Waals surface area contributed by atoms with Crippen molar-refractivity contribution < 1.29 is 24.2 Å². The summed E-state index contributed by atoms with van der Waals surface area (Å²) in [6.45, 7) is 1.88. The zero-order valence-corrected chi connectivity index (χ0v) is 12.2. The van der Waals surface area contributed by atoms with Crippen molar-refractivity contribution >= 4 is 35.4 Å². The molecule has 0 amide bonds. The quantitative estimate of drug-likeness (QED) is 0.475. The van der Waals surface area contributed by atoms with E-state index in [1.165, 1.54) is 12.1 Å². The minimum absolute atomic E-state index is 0.0283. The van der Waals surface area contributed by atoms with Gasteiger partial charge in [0, 0.05) is 12.5 Å². The van der Waals surface area contributed by atoms with E-state index in [9.17, 15) is 14.4 Å². The Morgan fingerprint density at radius 3 is 2.62 bits per heavy atom. The van der Waals surface area contributed by atoms with E-state index in [0.29, 0.717) is 11.1 Å². The number of Topliss-reactive ketones (excluding diaryl/α,β-unsaturated/α-hetero) is 1. The van der Waals surface area contributed by atoms with Gasteiger partial charge in [-0.05, 0) is 30.2 Å². The smallest absolute Gasteiger partial charge is 0.338 e. The molecular formula is C15H15ClO5. The molecule has 0 spiro atoms. The van der Waals surface area contributed by atoms with E-state index >= 15 is 0 Å². The van der Waals surface area contributed by atoms with Crippen LogP contribution in [0.2, 0.25) is 0 Å². The average molecular weight is 311 g/mol. The summed E-state index contributed by atoms with van der Waals surface area (Å²) in [5, 5.41) is 8.61. The highest BCUT2D eigenvalue weighted by molar-refractivity contribution is 6.27. The number of ketones is 1. The Balaban J connectivity index is 3.15. The van der Waals surface area contributed by atoms with Gasteiger partial charge in [0.1, 0.15) is 0 Å². The Morgan fingerprint density at radius 1 is 1.33 bits per heavy atom. The Kier molecular flexibility index (Phi) is 6.62. The summed E-state index contributed by atoms with van der Waals surface area (Å²) in [6, 6.07) is 4.71. The molecule has 112 valence electrons. The first-order valence-electron chi connectivity index (χ1n) is 6.26. The molecule has 0 bridgehead atoms. The van der Waals surface area contributed by atoms with Crippen molar-refractivity contribution in [3.05, 3.63) is 41.0 Å². The maximum absolute atomic E-state index is 11.9. The van der Waals surface area contributed by atoms with Crippen molar-refractivity contribution in [2.24, 2.45) is 0 Å². The molecule has 0 heterocycles. The van der Waals surface area contributed by atoms with Gasteiger partial charge in [-0.3, -0.25) is 4.79 Å². The molecular weight excluding hydrogens is 296 g/mol. The minimum atomic E-state index is -1.09. The first-order chi connectivity index (χ1) is 9.97. The molecule has 0 atom stereocenters. The van der Waals surface area contributed by atoms with Crippen molar-refractivity contribution in [3.8, 4) is 0 Å². The molecule has 0 saturated carbocycles. The monoisotopic (exact) mass is 310 g/mol. The number of aliphatic carboxylic acids is 1. The number of ether oxygens (including phenoxy) is 1. The number of rotatable bonds is 7. The number of esters is 1. The van der Waals surface area contributed by atoms with Crippen molar-refractivity contribution in [3.63, 3.8) is 0 Å². The van der Waals surface area contributed by atoms with E-state index in [2.05, 4.69) is 0 Å². The fourth-order valence-electron chi connectivity index (χ4n) is 1.68. The van der Waals surface area contributed by atoms with Crippen LogP contribution in [0.1, 0.15) is 28.4 Å². The van der Waals surface area contributed by atoms with Gasteiger partial charge in [0.05, 0.1) is 18.1 Å².